The Morgan fingerprint density at radius 2 is 2.10 bits per heavy atom. The molecule has 2 rings (SSSR count). The molecule has 2 heterocycles. The molecule has 0 aliphatic rings. The number of carbonyl (C=O) groups is 3. The molecular formula is C13H10ClNO4S. The summed E-state index contributed by atoms with van der Waals surface area (Å²) in [6.07, 6.45) is 1.42. The lowest BCUT2D eigenvalue weighted by Crippen LogP contribution is -2.13. The lowest BCUT2D eigenvalue weighted by molar-refractivity contribution is 0.0470. The van der Waals surface area contributed by atoms with Crippen molar-refractivity contribution in [2.45, 2.75) is 6.92 Å². The van der Waals surface area contributed by atoms with E-state index in [1.807, 2.05) is 0 Å². The molecule has 5 nitrogen and oxygen atoms in total. The van der Waals surface area contributed by atoms with Crippen LogP contribution in [0.3, 0.4) is 0 Å². The highest BCUT2D eigenvalue weighted by atomic mass is 35.5. The molecule has 0 atom stereocenters. The van der Waals surface area contributed by atoms with E-state index in [1.165, 1.54) is 19.2 Å². The SMILES string of the molecule is CC(=O)c1c[nH]c(C(=O)OCC(=O)c2ccc(Cl)s2)c1. The van der Waals surface area contributed by atoms with E-state index in [2.05, 4.69) is 4.98 Å². The summed E-state index contributed by atoms with van der Waals surface area (Å²) in [6, 6.07) is 4.56. The fourth-order valence-electron chi connectivity index (χ4n) is 1.46. The van der Waals surface area contributed by atoms with E-state index in [4.69, 9.17) is 16.3 Å². The van der Waals surface area contributed by atoms with Crippen molar-refractivity contribution in [1.82, 2.24) is 4.98 Å². The monoisotopic (exact) mass is 311 g/mol. The average molecular weight is 312 g/mol. The molecule has 0 fully saturated rings. The second-order valence-corrected chi connectivity index (χ2v) is 5.68. The minimum atomic E-state index is -0.687. The maximum atomic E-state index is 11.7. The summed E-state index contributed by atoms with van der Waals surface area (Å²) in [6.45, 7) is 1.02. The summed E-state index contributed by atoms with van der Waals surface area (Å²) in [5, 5.41) is 0. The van der Waals surface area contributed by atoms with Gasteiger partial charge in [0, 0.05) is 11.8 Å². The van der Waals surface area contributed by atoms with Gasteiger partial charge in [0.2, 0.25) is 5.78 Å². The molecule has 0 amide bonds. The fourth-order valence-corrected chi connectivity index (χ4v) is 2.43. The highest BCUT2D eigenvalue weighted by molar-refractivity contribution is 7.18. The van der Waals surface area contributed by atoms with Crippen LogP contribution in [0.5, 0.6) is 0 Å². The van der Waals surface area contributed by atoms with Gasteiger partial charge < -0.3 is 9.72 Å². The van der Waals surface area contributed by atoms with Gasteiger partial charge in [0.15, 0.2) is 12.4 Å². The van der Waals surface area contributed by atoms with Crippen LogP contribution in [0.1, 0.15) is 37.4 Å². The molecule has 0 radical (unpaired) electrons. The zero-order chi connectivity index (χ0) is 14.7. The summed E-state index contributed by atoms with van der Waals surface area (Å²) in [4.78, 5) is 37.6. The molecule has 2 aromatic rings. The first kappa shape index (κ1) is 14.5. The Balaban J connectivity index is 1.94. The molecule has 2 aromatic heterocycles. The molecule has 0 saturated heterocycles. The Morgan fingerprint density at radius 1 is 1.35 bits per heavy atom. The van der Waals surface area contributed by atoms with Gasteiger partial charge in [-0.15, -0.1) is 11.3 Å². The van der Waals surface area contributed by atoms with Crippen LogP contribution in [0.2, 0.25) is 4.34 Å². The number of H-pyrrole nitrogens is 1. The summed E-state index contributed by atoms with van der Waals surface area (Å²) >= 11 is 6.84. The van der Waals surface area contributed by atoms with Crippen LogP contribution in [0.4, 0.5) is 0 Å². The predicted molar refractivity (Wildman–Crippen MR) is 74.7 cm³/mol. The Hall–Kier alpha value is -1.92. The number of esters is 1. The van der Waals surface area contributed by atoms with E-state index >= 15 is 0 Å². The van der Waals surface area contributed by atoms with Gasteiger partial charge in [0.05, 0.1) is 9.21 Å². The number of hydrogen-bond acceptors (Lipinski definition) is 5. The minimum Gasteiger partial charge on any atom is -0.453 e. The first-order valence-corrected chi connectivity index (χ1v) is 6.82. The molecule has 0 aliphatic heterocycles. The van der Waals surface area contributed by atoms with Crippen molar-refractivity contribution in [3.05, 3.63) is 44.9 Å². The maximum absolute atomic E-state index is 11.7. The number of rotatable bonds is 5. The molecule has 20 heavy (non-hydrogen) atoms. The van der Waals surface area contributed by atoms with Crippen LogP contribution in [-0.2, 0) is 4.74 Å². The first-order chi connectivity index (χ1) is 9.47. The van der Waals surface area contributed by atoms with E-state index < -0.39 is 5.97 Å². The van der Waals surface area contributed by atoms with Gasteiger partial charge in [0.25, 0.3) is 0 Å². The molecule has 0 saturated carbocycles. The van der Waals surface area contributed by atoms with Crippen molar-refractivity contribution >= 4 is 40.5 Å². The molecule has 0 aliphatic carbocycles. The zero-order valence-electron chi connectivity index (χ0n) is 10.4. The summed E-state index contributed by atoms with van der Waals surface area (Å²) in [5.74, 6) is -1.17. The maximum Gasteiger partial charge on any atom is 0.355 e. The number of halogens is 1. The molecule has 0 unspecified atom stereocenters. The van der Waals surface area contributed by atoms with Crippen LogP contribution in [0.25, 0.3) is 0 Å². The Labute approximate surface area is 123 Å². The van der Waals surface area contributed by atoms with Gasteiger partial charge in [-0.25, -0.2) is 4.79 Å². The van der Waals surface area contributed by atoms with Gasteiger partial charge in [0.1, 0.15) is 5.69 Å². The quantitative estimate of drug-likeness (QED) is 0.680. The molecule has 7 heteroatoms. The van der Waals surface area contributed by atoms with Crippen molar-refractivity contribution in [2.24, 2.45) is 0 Å². The topological polar surface area (TPSA) is 76.2 Å². The van der Waals surface area contributed by atoms with Crippen LogP contribution in [0, 0.1) is 0 Å². The van der Waals surface area contributed by atoms with E-state index in [-0.39, 0.29) is 23.9 Å². The lowest BCUT2D eigenvalue weighted by Gasteiger charge is -2.01. The van der Waals surface area contributed by atoms with Crippen LogP contribution in [-0.4, -0.2) is 29.1 Å². The number of aromatic nitrogens is 1. The first-order valence-electron chi connectivity index (χ1n) is 5.62. The van der Waals surface area contributed by atoms with Gasteiger partial charge in [-0.2, -0.15) is 0 Å². The van der Waals surface area contributed by atoms with Gasteiger partial charge in [-0.05, 0) is 25.1 Å². The Bertz CT molecular complexity index is 673. The highest BCUT2D eigenvalue weighted by Gasteiger charge is 2.15. The van der Waals surface area contributed by atoms with Crippen molar-refractivity contribution in [2.75, 3.05) is 6.61 Å². The van der Waals surface area contributed by atoms with Crippen molar-refractivity contribution < 1.29 is 19.1 Å². The van der Waals surface area contributed by atoms with E-state index in [1.54, 1.807) is 12.1 Å². The zero-order valence-corrected chi connectivity index (χ0v) is 12.0. The molecular weight excluding hydrogens is 302 g/mol. The second kappa shape index (κ2) is 6.02. The Morgan fingerprint density at radius 3 is 2.65 bits per heavy atom. The number of ether oxygens (including phenoxy) is 1. The normalized spacial score (nSPS) is 10.3. The van der Waals surface area contributed by atoms with Crippen LogP contribution >= 0.6 is 22.9 Å². The van der Waals surface area contributed by atoms with Crippen LogP contribution < -0.4 is 0 Å². The highest BCUT2D eigenvalue weighted by Crippen LogP contribution is 2.21. The number of hydrogen-bond donors (Lipinski definition) is 1. The van der Waals surface area contributed by atoms with E-state index in [0.29, 0.717) is 14.8 Å². The van der Waals surface area contributed by atoms with Crippen molar-refractivity contribution in [3.63, 3.8) is 0 Å². The van der Waals surface area contributed by atoms with Gasteiger partial charge in [-0.3, -0.25) is 9.59 Å². The van der Waals surface area contributed by atoms with E-state index in [0.717, 1.165) is 11.3 Å². The lowest BCUT2D eigenvalue weighted by atomic mass is 10.2. The summed E-state index contributed by atoms with van der Waals surface area (Å²) in [5.41, 5.74) is 0.514. The molecule has 0 spiro atoms. The molecule has 0 bridgehead atoms. The van der Waals surface area contributed by atoms with Crippen molar-refractivity contribution in [3.8, 4) is 0 Å². The number of aromatic amines is 1. The Kier molecular flexibility index (Phi) is 4.36. The third-order valence-corrected chi connectivity index (χ3v) is 3.76. The molecule has 1 N–H and O–H groups in total. The molecule has 0 aromatic carbocycles. The minimum absolute atomic E-state index is 0.132. The number of ketones is 2. The average Bonchev–Trinajstić information content (AvgIpc) is 3.04. The predicted octanol–water partition coefficient (Wildman–Crippen LogP) is 2.97. The number of carbonyl (C=O) groups excluding carboxylic acids is 3. The van der Waals surface area contributed by atoms with Gasteiger partial charge >= 0.3 is 5.97 Å². The second-order valence-electron chi connectivity index (χ2n) is 3.96. The summed E-state index contributed by atoms with van der Waals surface area (Å²) in [7, 11) is 0. The third-order valence-electron chi connectivity index (χ3n) is 2.49. The fraction of sp³-hybridized carbons (Fsp3) is 0.154. The van der Waals surface area contributed by atoms with Crippen molar-refractivity contribution in [1.29, 1.82) is 0 Å². The largest absolute Gasteiger partial charge is 0.453 e. The third kappa shape index (κ3) is 3.34. The number of thiophene rings is 1. The van der Waals surface area contributed by atoms with E-state index in [9.17, 15) is 14.4 Å². The standard InChI is InChI=1S/C13H10ClNO4S/c1-7(16)8-4-9(15-5-8)13(18)19-6-10(17)11-2-3-12(14)20-11/h2-5,15H,6H2,1H3. The van der Waals surface area contributed by atoms with Crippen LogP contribution in [0.15, 0.2) is 24.4 Å². The smallest absolute Gasteiger partial charge is 0.355 e. The summed E-state index contributed by atoms with van der Waals surface area (Å²) < 4.78 is 5.37. The molecule has 104 valence electrons. The number of Topliss-reactive ketones (excluding diaryl/α,β-unsaturated/α-hetero) is 2. The van der Waals surface area contributed by atoms with Gasteiger partial charge in [-0.1, -0.05) is 11.6 Å². The number of nitrogens with one attached hydrogen (secondary N) is 1.